The van der Waals surface area contributed by atoms with Crippen LogP contribution in [0.3, 0.4) is 0 Å². The van der Waals surface area contributed by atoms with Crippen LogP contribution in [0.1, 0.15) is 62.1 Å². The third-order valence-electron chi connectivity index (χ3n) is 5.31. The van der Waals surface area contributed by atoms with Gasteiger partial charge in [0.05, 0.1) is 5.60 Å². The van der Waals surface area contributed by atoms with E-state index in [0.717, 1.165) is 37.9 Å². The van der Waals surface area contributed by atoms with E-state index in [1.165, 1.54) is 19.3 Å². The smallest absolute Gasteiger partial charge is 0.127 e. The fraction of sp³-hybridized carbons (Fsp3) is 0.667. The van der Waals surface area contributed by atoms with Gasteiger partial charge in [0.1, 0.15) is 5.82 Å². The minimum absolute atomic E-state index is 0.0269. The maximum atomic E-state index is 14.1. The molecule has 0 bridgehead atoms. The lowest BCUT2D eigenvalue weighted by Gasteiger charge is -2.45. The average Bonchev–Trinajstić information content (AvgIpc) is 2.50. The number of aryl methyl sites for hydroxylation is 1. The van der Waals surface area contributed by atoms with Crippen molar-refractivity contribution in [2.45, 2.75) is 63.5 Å². The standard InChI is InChI=1S/C18H26FNO/c1-13-5-6-16(19)15(11-13)17(20)14-7-10-21-18(12-14)8-3-2-4-9-18/h5-6,11,14,17H,2-4,7-10,12,20H2,1H3. The number of hydrogen-bond acceptors (Lipinski definition) is 2. The highest BCUT2D eigenvalue weighted by molar-refractivity contribution is 5.27. The summed E-state index contributed by atoms with van der Waals surface area (Å²) in [6.07, 6.45) is 8.03. The van der Waals surface area contributed by atoms with Crippen molar-refractivity contribution in [2.75, 3.05) is 6.61 Å². The van der Waals surface area contributed by atoms with Gasteiger partial charge in [-0.15, -0.1) is 0 Å². The van der Waals surface area contributed by atoms with Gasteiger partial charge in [-0.1, -0.05) is 37.0 Å². The first-order chi connectivity index (χ1) is 10.1. The zero-order valence-electron chi connectivity index (χ0n) is 12.9. The number of benzene rings is 1. The molecule has 2 fully saturated rings. The Morgan fingerprint density at radius 1 is 1.29 bits per heavy atom. The number of ether oxygens (including phenoxy) is 1. The van der Waals surface area contributed by atoms with Gasteiger partial charge >= 0.3 is 0 Å². The van der Waals surface area contributed by atoms with Gasteiger partial charge in [-0.25, -0.2) is 4.39 Å². The van der Waals surface area contributed by atoms with E-state index in [-0.39, 0.29) is 17.5 Å². The number of halogens is 1. The van der Waals surface area contributed by atoms with Gasteiger partial charge in [0, 0.05) is 18.2 Å². The molecule has 21 heavy (non-hydrogen) atoms. The van der Waals surface area contributed by atoms with Crippen LogP contribution in [0.15, 0.2) is 18.2 Å². The van der Waals surface area contributed by atoms with Gasteiger partial charge < -0.3 is 10.5 Å². The van der Waals surface area contributed by atoms with Gasteiger partial charge in [0.25, 0.3) is 0 Å². The van der Waals surface area contributed by atoms with E-state index in [4.69, 9.17) is 10.5 Å². The molecule has 2 aliphatic rings. The summed E-state index contributed by atoms with van der Waals surface area (Å²) in [7, 11) is 0. The number of nitrogens with two attached hydrogens (primary N) is 1. The second-order valence-corrected chi connectivity index (χ2v) is 6.90. The van der Waals surface area contributed by atoms with Crippen molar-refractivity contribution in [3.05, 3.63) is 35.1 Å². The van der Waals surface area contributed by atoms with Gasteiger partial charge in [-0.3, -0.25) is 0 Å². The summed E-state index contributed by atoms with van der Waals surface area (Å²) < 4.78 is 20.2. The summed E-state index contributed by atoms with van der Waals surface area (Å²) in [5.41, 5.74) is 8.21. The molecule has 1 heterocycles. The second-order valence-electron chi connectivity index (χ2n) is 6.90. The molecule has 2 N–H and O–H groups in total. The minimum atomic E-state index is -0.215. The van der Waals surface area contributed by atoms with Gasteiger partial charge in [-0.05, 0) is 44.6 Å². The lowest BCUT2D eigenvalue weighted by molar-refractivity contribution is -0.120. The SMILES string of the molecule is Cc1ccc(F)c(C(N)C2CCOC3(CCCCC3)C2)c1. The fourth-order valence-corrected chi connectivity index (χ4v) is 4.09. The summed E-state index contributed by atoms with van der Waals surface area (Å²) in [5, 5.41) is 0. The second kappa shape index (κ2) is 6.05. The van der Waals surface area contributed by atoms with E-state index in [2.05, 4.69) is 0 Å². The van der Waals surface area contributed by atoms with Crippen molar-refractivity contribution in [2.24, 2.45) is 11.7 Å². The van der Waals surface area contributed by atoms with Gasteiger partial charge in [0.2, 0.25) is 0 Å². The maximum Gasteiger partial charge on any atom is 0.127 e. The molecule has 1 saturated carbocycles. The molecule has 2 unspecified atom stereocenters. The Labute approximate surface area is 126 Å². The molecule has 1 aromatic rings. The van der Waals surface area contributed by atoms with Gasteiger partial charge in [0.15, 0.2) is 0 Å². The Kier molecular flexibility index (Phi) is 4.32. The molecular weight excluding hydrogens is 265 g/mol. The highest BCUT2D eigenvalue weighted by atomic mass is 19.1. The average molecular weight is 291 g/mol. The molecule has 1 aliphatic carbocycles. The Hall–Kier alpha value is -0.930. The van der Waals surface area contributed by atoms with Crippen LogP contribution >= 0.6 is 0 Å². The number of hydrogen-bond donors (Lipinski definition) is 1. The Morgan fingerprint density at radius 3 is 2.81 bits per heavy atom. The highest BCUT2D eigenvalue weighted by Gasteiger charge is 2.40. The summed E-state index contributed by atoms with van der Waals surface area (Å²) in [4.78, 5) is 0. The Bertz CT molecular complexity index is 490. The van der Waals surface area contributed by atoms with Crippen molar-refractivity contribution in [3.8, 4) is 0 Å². The van der Waals surface area contributed by atoms with E-state index in [1.807, 2.05) is 13.0 Å². The van der Waals surface area contributed by atoms with Crippen LogP contribution in [0, 0.1) is 18.7 Å². The van der Waals surface area contributed by atoms with Crippen molar-refractivity contribution < 1.29 is 9.13 Å². The van der Waals surface area contributed by atoms with E-state index >= 15 is 0 Å². The molecule has 0 radical (unpaired) electrons. The normalized spacial score (nSPS) is 26.7. The van der Waals surface area contributed by atoms with Crippen LogP contribution < -0.4 is 5.73 Å². The first-order valence-corrected chi connectivity index (χ1v) is 8.25. The van der Waals surface area contributed by atoms with Crippen LogP contribution in [0.2, 0.25) is 0 Å². The summed E-state index contributed by atoms with van der Waals surface area (Å²) >= 11 is 0. The van der Waals surface area contributed by atoms with Crippen molar-refractivity contribution in [3.63, 3.8) is 0 Å². The van der Waals surface area contributed by atoms with Crippen LogP contribution in [0.25, 0.3) is 0 Å². The molecule has 1 aliphatic heterocycles. The lowest BCUT2D eigenvalue weighted by atomic mass is 9.73. The molecule has 3 heteroatoms. The third kappa shape index (κ3) is 3.14. The van der Waals surface area contributed by atoms with E-state index in [9.17, 15) is 4.39 Å². The topological polar surface area (TPSA) is 35.2 Å². The Balaban J connectivity index is 1.77. The van der Waals surface area contributed by atoms with Crippen molar-refractivity contribution in [1.82, 2.24) is 0 Å². The molecule has 1 spiro atoms. The van der Waals surface area contributed by atoms with Crippen LogP contribution in [0.4, 0.5) is 4.39 Å². The van der Waals surface area contributed by atoms with Crippen LogP contribution in [-0.2, 0) is 4.74 Å². The first-order valence-electron chi connectivity index (χ1n) is 8.25. The summed E-state index contributed by atoms with van der Waals surface area (Å²) in [6.45, 7) is 2.76. The zero-order valence-corrected chi connectivity index (χ0v) is 12.9. The zero-order chi connectivity index (χ0) is 14.9. The van der Waals surface area contributed by atoms with Crippen LogP contribution in [-0.4, -0.2) is 12.2 Å². The molecule has 1 aromatic carbocycles. The van der Waals surface area contributed by atoms with Crippen molar-refractivity contribution in [1.29, 1.82) is 0 Å². The fourth-order valence-electron chi connectivity index (χ4n) is 4.09. The minimum Gasteiger partial charge on any atom is -0.375 e. The largest absolute Gasteiger partial charge is 0.375 e. The van der Waals surface area contributed by atoms with E-state index in [1.54, 1.807) is 12.1 Å². The molecule has 2 atom stereocenters. The third-order valence-corrected chi connectivity index (χ3v) is 5.31. The van der Waals surface area contributed by atoms with E-state index < -0.39 is 0 Å². The highest BCUT2D eigenvalue weighted by Crippen LogP contribution is 2.43. The molecule has 0 amide bonds. The number of rotatable bonds is 2. The predicted molar refractivity (Wildman–Crippen MR) is 82.6 cm³/mol. The molecule has 0 aromatic heterocycles. The molecule has 1 saturated heterocycles. The van der Waals surface area contributed by atoms with E-state index in [0.29, 0.717) is 11.5 Å². The quantitative estimate of drug-likeness (QED) is 0.883. The molecule has 3 rings (SSSR count). The first kappa shape index (κ1) is 15.0. The van der Waals surface area contributed by atoms with Gasteiger partial charge in [-0.2, -0.15) is 0 Å². The Morgan fingerprint density at radius 2 is 2.05 bits per heavy atom. The van der Waals surface area contributed by atoms with Crippen molar-refractivity contribution >= 4 is 0 Å². The van der Waals surface area contributed by atoms with Crippen LogP contribution in [0.5, 0.6) is 0 Å². The summed E-state index contributed by atoms with van der Waals surface area (Å²) in [6, 6.07) is 5.04. The predicted octanol–water partition coefficient (Wildman–Crippen LogP) is 4.26. The molecule has 2 nitrogen and oxygen atoms in total. The lowest BCUT2D eigenvalue weighted by Crippen LogP contribution is -2.44. The molecular formula is C18H26FNO. The molecule has 116 valence electrons. The maximum absolute atomic E-state index is 14.1. The monoisotopic (exact) mass is 291 g/mol. The summed E-state index contributed by atoms with van der Waals surface area (Å²) in [5.74, 6) is 0.158.